The van der Waals surface area contributed by atoms with E-state index in [-0.39, 0.29) is 11.4 Å². The van der Waals surface area contributed by atoms with Gasteiger partial charge in [0.15, 0.2) is 0 Å². The zero-order valence-electron chi connectivity index (χ0n) is 9.04. The van der Waals surface area contributed by atoms with E-state index in [1.165, 1.54) is 30.6 Å². The highest BCUT2D eigenvalue weighted by Crippen LogP contribution is 2.20. The number of rotatable bonds is 3. The first-order valence-corrected chi connectivity index (χ1v) is 5.36. The summed E-state index contributed by atoms with van der Waals surface area (Å²) in [5.74, 6) is 0. The molecule has 0 spiro atoms. The highest BCUT2D eigenvalue weighted by atomic mass is 35.5. The van der Waals surface area contributed by atoms with E-state index in [1.807, 2.05) is 0 Å². The molecule has 1 N–H and O–H groups in total. The Kier molecular flexibility index (Phi) is 3.52. The van der Waals surface area contributed by atoms with Crippen molar-refractivity contribution >= 4 is 28.7 Å². The van der Waals surface area contributed by atoms with Gasteiger partial charge in [0.2, 0.25) is 5.69 Å². The van der Waals surface area contributed by atoms with Crippen LogP contribution in [0, 0.1) is 15.3 Å². The number of nitro groups is 1. The highest BCUT2D eigenvalue weighted by Gasteiger charge is 2.20. The van der Waals surface area contributed by atoms with Crippen molar-refractivity contribution in [3.63, 3.8) is 0 Å². The van der Waals surface area contributed by atoms with Crippen molar-refractivity contribution in [3.8, 4) is 0 Å². The summed E-state index contributed by atoms with van der Waals surface area (Å²) < 4.78 is 0. The second-order valence-electron chi connectivity index (χ2n) is 3.49. The van der Waals surface area contributed by atoms with Crippen LogP contribution in [-0.2, 0) is 0 Å². The van der Waals surface area contributed by atoms with Gasteiger partial charge in [0.05, 0.1) is 11.1 Å². The molecule has 6 nitrogen and oxygen atoms in total. The Labute approximate surface area is 107 Å². The van der Waals surface area contributed by atoms with E-state index < -0.39 is 9.99 Å². The lowest BCUT2D eigenvalue weighted by Crippen LogP contribution is -2.96. The normalized spacial score (nSPS) is 12.1. The SMILES string of the molecule is O=[N+]([O-])c1ccncc1[NH+]([O-])c1ccc(Cl)cc1. The van der Waals surface area contributed by atoms with Crippen molar-refractivity contribution < 1.29 is 9.99 Å². The minimum Gasteiger partial charge on any atom is -0.623 e. The molecule has 0 radical (unpaired) electrons. The fourth-order valence-corrected chi connectivity index (χ4v) is 1.60. The van der Waals surface area contributed by atoms with Crippen molar-refractivity contribution in [2.24, 2.45) is 0 Å². The van der Waals surface area contributed by atoms with E-state index in [0.29, 0.717) is 10.7 Å². The van der Waals surface area contributed by atoms with E-state index >= 15 is 0 Å². The molecule has 18 heavy (non-hydrogen) atoms. The van der Waals surface area contributed by atoms with Crippen LogP contribution in [0.15, 0.2) is 42.7 Å². The van der Waals surface area contributed by atoms with Crippen LogP contribution < -0.4 is 5.06 Å². The third-order valence-electron chi connectivity index (χ3n) is 2.35. The Bertz CT molecular complexity index is 574. The van der Waals surface area contributed by atoms with Crippen LogP contribution in [0.1, 0.15) is 0 Å². The molecule has 0 fully saturated rings. The second-order valence-corrected chi connectivity index (χ2v) is 3.92. The summed E-state index contributed by atoms with van der Waals surface area (Å²) in [4.78, 5) is 14.0. The Morgan fingerprint density at radius 2 is 1.89 bits per heavy atom. The van der Waals surface area contributed by atoms with Crippen LogP contribution in [-0.4, -0.2) is 9.91 Å². The topological polar surface area (TPSA) is 83.5 Å². The Morgan fingerprint density at radius 1 is 1.22 bits per heavy atom. The zero-order chi connectivity index (χ0) is 13.1. The number of hydrogen-bond donors (Lipinski definition) is 1. The predicted molar refractivity (Wildman–Crippen MR) is 66.0 cm³/mol. The molecule has 1 heterocycles. The summed E-state index contributed by atoms with van der Waals surface area (Å²) >= 11 is 5.71. The van der Waals surface area contributed by atoms with Crippen molar-refractivity contribution in [1.82, 2.24) is 4.98 Å². The number of benzene rings is 1. The molecule has 2 rings (SSSR count). The van der Waals surface area contributed by atoms with Gasteiger partial charge in [-0.3, -0.25) is 15.1 Å². The first kappa shape index (κ1) is 12.4. The van der Waals surface area contributed by atoms with Crippen molar-refractivity contribution in [2.75, 3.05) is 0 Å². The van der Waals surface area contributed by atoms with Gasteiger partial charge in [0.1, 0.15) is 5.69 Å². The van der Waals surface area contributed by atoms with Gasteiger partial charge in [-0.1, -0.05) is 11.6 Å². The molecule has 7 heteroatoms. The van der Waals surface area contributed by atoms with Gasteiger partial charge in [-0.15, -0.1) is 0 Å². The molecule has 2 aromatic rings. The first-order chi connectivity index (χ1) is 8.59. The number of quaternary nitrogens is 1. The molecule has 1 unspecified atom stereocenters. The van der Waals surface area contributed by atoms with E-state index in [4.69, 9.17) is 11.6 Å². The van der Waals surface area contributed by atoms with Gasteiger partial charge in [-0.2, -0.15) is 0 Å². The largest absolute Gasteiger partial charge is 0.623 e. The average Bonchev–Trinajstić information content (AvgIpc) is 2.39. The van der Waals surface area contributed by atoms with Gasteiger partial charge in [-0.25, -0.2) is 0 Å². The molecule has 0 aliphatic carbocycles. The monoisotopic (exact) mass is 265 g/mol. The number of nitrogens with one attached hydrogen (secondary N) is 1. The van der Waals surface area contributed by atoms with Crippen LogP contribution in [0.3, 0.4) is 0 Å². The van der Waals surface area contributed by atoms with E-state index in [1.54, 1.807) is 12.1 Å². The maximum atomic E-state index is 12.1. The van der Waals surface area contributed by atoms with Gasteiger partial charge in [0, 0.05) is 29.4 Å². The highest BCUT2D eigenvalue weighted by molar-refractivity contribution is 6.30. The summed E-state index contributed by atoms with van der Waals surface area (Å²) in [6.45, 7) is 0. The predicted octanol–water partition coefficient (Wildman–Crippen LogP) is 1.99. The molecular weight excluding hydrogens is 258 g/mol. The molecular formula is C11H8ClN3O3. The molecule has 1 aromatic heterocycles. The summed E-state index contributed by atoms with van der Waals surface area (Å²) in [5, 5.41) is 23.0. The smallest absolute Gasteiger partial charge is 0.333 e. The molecule has 1 atom stereocenters. The van der Waals surface area contributed by atoms with Crippen LogP contribution in [0.25, 0.3) is 0 Å². The Hall–Kier alpha value is -2.02. The second kappa shape index (κ2) is 5.09. The summed E-state index contributed by atoms with van der Waals surface area (Å²) in [7, 11) is 0. The fraction of sp³-hybridized carbons (Fsp3) is 0. The van der Waals surface area contributed by atoms with E-state index in [0.717, 1.165) is 0 Å². The molecule has 1 aromatic carbocycles. The number of halogens is 1. The fourth-order valence-electron chi connectivity index (χ4n) is 1.48. The quantitative estimate of drug-likeness (QED) is 0.679. The van der Waals surface area contributed by atoms with Gasteiger partial charge in [-0.05, 0) is 12.1 Å². The number of nitrogens with zero attached hydrogens (tertiary/aromatic N) is 2. The Morgan fingerprint density at radius 3 is 2.50 bits per heavy atom. The first-order valence-electron chi connectivity index (χ1n) is 4.98. The average molecular weight is 266 g/mol. The lowest BCUT2D eigenvalue weighted by Gasteiger charge is -2.20. The van der Waals surface area contributed by atoms with Crippen molar-refractivity contribution in [1.29, 1.82) is 0 Å². The molecule has 0 saturated heterocycles. The van der Waals surface area contributed by atoms with Crippen molar-refractivity contribution in [3.05, 3.63) is 63.1 Å². The summed E-state index contributed by atoms with van der Waals surface area (Å²) in [6, 6.07) is 7.33. The number of pyridine rings is 1. The van der Waals surface area contributed by atoms with E-state index in [2.05, 4.69) is 4.98 Å². The van der Waals surface area contributed by atoms with Gasteiger partial charge >= 0.3 is 5.69 Å². The van der Waals surface area contributed by atoms with E-state index in [9.17, 15) is 15.3 Å². The molecule has 0 aliphatic heterocycles. The van der Waals surface area contributed by atoms with Crippen LogP contribution in [0.2, 0.25) is 5.02 Å². The summed E-state index contributed by atoms with van der Waals surface area (Å²) in [5.41, 5.74) is 0.0327. The molecule has 0 aliphatic rings. The molecule has 0 amide bonds. The maximum Gasteiger partial charge on any atom is 0.333 e. The Balaban J connectivity index is 2.42. The van der Waals surface area contributed by atoms with Crippen LogP contribution in [0.5, 0.6) is 0 Å². The van der Waals surface area contributed by atoms with Gasteiger partial charge < -0.3 is 10.3 Å². The molecule has 0 saturated carbocycles. The van der Waals surface area contributed by atoms with Crippen LogP contribution in [0.4, 0.5) is 17.1 Å². The number of aromatic nitrogens is 1. The minimum absolute atomic E-state index is 0.0372. The molecule has 92 valence electrons. The maximum absolute atomic E-state index is 12.1. The molecule has 0 bridgehead atoms. The van der Waals surface area contributed by atoms with Gasteiger partial charge in [0.25, 0.3) is 0 Å². The van der Waals surface area contributed by atoms with Crippen molar-refractivity contribution in [2.45, 2.75) is 0 Å². The standard InChI is InChI=1S/C11H8ClN3O3/c12-8-1-3-9(4-2-8)14(16)11-7-13-6-5-10(11)15(17)18/h1-7,14H. The lowest BCUT2D eigenvalue weighted by atomic mass is 10.3. The third-order valence-corrected chi connectivity index (χ3v) is 2.60. The summed E-state index contributed by atoms with van der Waals surface area (Å²) in [6.07, 6.45) is 2.46. The third kappa shape index (κ3) is 2.45. The lowest BCUT2D eigenvalue weighted by molar-refractivity contribution is -0.701. The zero-order valence-corrected chi connectivity index (χ0v) is 9.79. The minimum atomic E-state index is -0.606. The number of hydrogen-bond acceptors (Lipinski definition) is 4. The van der Waals surface area contributed by atoms with Crippen LogP contribution >= 0.6 is 11.6 Å².